The first-order valence-corrected chi connectivity index (χ1v) is 7.08. The second kappa shape index (κ2) is 6.97. The predicted molar refractivity (Wildman–Crippen MR) is 78.3 cm³/mol. The molecule has 0 atom stereocenters. The first-order valence-electron chi connectivity index (χ1n) is 6.13. The van der Waals surface area contributed by atoms with Crippen molar-refractivity contribution in [2.75, 3.05) is 13.7 Å². The number of aliphatic hydroxyl groups is 1. The zero-order valence-electron chi connectivity index (χ0n) is 11.3. The van der Waals surface area contributed by atoms with Crippen LogP contribution in [0.1, 0.15) is 21.6 Å². The molecule has 108 valence electrons. The van der Waals surface area contributed by atoms with Crippen molar-refractivity contribution in [1.82, 2.24) is 9.88 Å². The topological polar surface area (TPSA) is 53.4 Å². The molecule has 0 aliphatic heterocycles. The molecule has 0 bridgehead atoms. The zero-order chi connectivity index (χ0) is 15.2. The Morgan fingerprint density at radius 1 is 1.52 bits per heavy atom. The number of aliphatic hydroxyl groups excluding tert-OH is 1. The van der Waals surface area contributed by atoms with Gasteiger partial charge >= 0.3 is 0 Å². The number of carbonyl (C=O) groups is 1. The summed E-state index contributed by atoms with van der Waals surface area (Å²) < 4.78 is 13.3. The van der Waals surface area contributed by atoms with Gasteiger partial charge in [-0.2, -0.15) is 0 Å². The minimum atomic E-state index is -0.476. The lowest BCUT2D eigenvalue weighted by atomic mass is 10.1. The molecule has 4 nitrogen and oxygen atoms in total. The molecule has 1 aromatic carbocycles. The highest BCUT2D eigenvalue weighted by molar-refractivity contribution is 7.07. The fraction of sp³-hybridized carbons (Fsp3) is 0.200. The van der Waals surface area contributed by atoms with Crippen molar-refractivity contribution >= 4 is 17.2 Å². The van der Waals surface area contributed by atoms with E-state index < -0.39 is 5.82 Å². The highest BCUT2D eigenvalue weighted by Gasteiger charge is 2.16. The van der Waals surface area contributed by atoms with Crippen molar-refractivity contribution in [1.29, 1.82) is 0 Å². The second-order valence-electron chi connectivity index (χ2n) is 4.29. The summed E-state index contributed by atoms with van der Waals surface area (Å²) in [6.07, 6.45) is 0. The number of amides is 1. The van der Waals surface area contributed by atoms with E-state index in [4.69, 9.17) is 5.11 Å². The number of thiazole rings is 1. The van der Waals surface area contributed by atoms with Gasteiger partial charge in [0.25, 0.3) is 5.91 Å². The van der Waals surface area contributed by atoms with E-state index >= 15 is 0 Å². The molecule has 1 N–H and O–H groups in total. The summed E-state index contributed by atoms with van der Waals surface area (Å²) in [6, 6.07) is 3.80. The predicted octanol–water partition coefficient (Wildman–Crippen LogP) is 1.90. The molecule has 0 fully saturated rings. The normalized spacial score (nSPS) is 9.86. The van der Waals surface area contributed by atoms with E-state index in [-0.39, 0.29) is 18.1 Å². The minimum absolute atomic E-state index is 0.263. The van der Waals surface area contributed by atoms with Crippen molar-refractivity contribution in [3.63, 3.8) is 0 Å². The van der Waals surface area contributed by atoms with Gasteiger partial charge in [0.15, 0.2) is 0 Å². The molecule has 2 rings (SSSR count). The molecule has 1 aromatic heterocycles. The van der Waals surface area contributed by atoms with Gasteiger partial charge in [-0.3, -0.25) is 4.79 Å². The SMILES string of the molecule is CN(Cc1cscn1)C(=O)c1ccc(F)cc1C#CCO. The van der Waals surface area contributed by atoms with E-state index in [1.54, 1.807) is 12.6 Å². The lowest BCUT2D eigenvalue weighted by Gasteiger charge is -2.17. The summed E-state index contributed by atoms with van der Waals surface area (Å²) in [7, 11) is 1.65. The smallest absolute Gasteiger partial charge is 0.255 e. The molecule has 1 heterocycles. The third-order valence-electron chi connectivity index (χ3n) is 2.74. The summed E-state index contributed by atoms with van der Waals surface area (Å²) in [4.78, 5) is 18.0. The number of nitrogens with zero attached hydrogens (tertiary/aromatic N) is 2. The van der Waals surface area contributed by atoms with Crippen LogP contribution in [0.2, 0.25) is 0 Å². The van der Waals surface area contributed by atoms with E-state index in [9.17, 15) is 9.18 Å². The van der Waals surface area contributed by atoms with Crippen LogP contribution in [0.5, 0.6) is 0 Å². The van der Waals surface area contributed by atoms with Crippen molar-refractivity contribution in [2.45, 2.75) is 6.54 Å². The molecular formula is C15H13FN2O2S. The van der Waals surface area contributed by atoms with E-state index in [2.05, 4.69) is 16.8 Å². The Morgan fingerprint density at radius 3 is 3.00 bits per heavy atom. The van der Waals surface area contributed by atoms with E-state index in [1.165, 1.54) is 34.4 Å². The van der Waals surface area contributed by atoms with Gasteiger partial charge in [-0.25, -0.2) is 9.37 Å². The molecule has 6 heteroatoms. The molecular weight excluding hydrogens is 291 g/mol. The van der Waals surface area contributed by atoms with Crippen LogP contribution in [-0.2, 0) is 6.54 Å². The number of benzene rings is 1. The highest BCUT2D eigenvalue weighted by Crippen LogP contribution is 2.14. The fourth-order valence-electron chi connectivity index (χ4n) is 1.78. The van der Waals surface area contributed by atoms with Gasteiger partial charge in [0.1, 0.15) is 12.4 Å². The zero-order valence-corrected chi connectivity index (χ0v) is 12.2. The number of hydrogen-bond donors (Lipinski definition) is 1. The Kier molecular flexibility index (Phi) is 5.04. The molecule has 0 aliphatic carbocycles. The Labute approximate surface area is 125 Å². The molecule has 1 amide bonds. The van der Waals surface area contributed by atoms with E-state index in [1.807, 2.05) is 5.38 Å². The summed E-state index contributed by atoms with van der Waals surface area (Å²) in [5.74, 6) is 4.28. The molecule has 0 aliphatic rings. The lowest BCUT2D eigenvalue weighted by Crippen LogP contribution is -2.27. The molecule has 2 aromatic rings. The number of hydrogen-bond acceptors (Lipinski definition) is 4. The van der Waals surface area contributed by atoms with Crippen molar-refractivity contribution in [3.8, 4) is 11.8 Å². The molecule has 0 radical (unpaired) electrons. The third kappa shape index (κ3) is 3.88. The summed E-state index contributed by atoms with van der Waals surface area (Å²) in [5.41, 5.74) is 3.05. The molecule has 0 spiro atoms. The fourth-order valence-corrected chi connectivity index (χ4v) is 2.33. The van der Waals surface area contributed by atoms with Crippen LogP contribution in [-0.4, -0.2) is 34.6 Å². The highest BCUT2D eigenvalue weighted by atomic mass is 32.1. The maximum atomic E-state index is 13.3. The van der Waals surface area contributed by atoms with E-state index in [0.717, 1.165) is 5.69 Å². The van der Waals surface area contributed by atoms with Crippen molar-refractivity contribution < 1.29 is 14.3 Å². The maximum Gasteiger partial charge on any atom is 0.255 e. The second-order valence-corrected chi connectivity index (χ2v) is 5.01. The monoisotopic (exact) mass is 304 g/mol. The average molecular weight is 304 g/mol. The van der Waals surface area contributed by atoms with Crippen LogP contribution >= 0.6 is 11.3 Å². The standard InChI is InChI=1S/C15H13FN2O2S/c1-18(8-13-9-21-10-17-13)15(20)14-5-4-12(16)7-11(14)3-2-6-19/h4-5,7,9-10,19H,6,8H2,1H3. The van der Waals surface area contributed by atoms with Gasteiger partial charge in [0.05, 0.1) is 23.3 Å². The third-order valence-corrected chi connectivity index (χ3v) is 3.38. The number of aromatic nitrogens is 1. The summed E-state index contributed by atoms with van der Waals surface area (Å²) in [5, 5.41) is 10.6. The van der Waals surface area contributed by atoms with Gasteiger partial charge in [-0.15, -0.1) is 11.3 Å². The van der Waals surface area contributed by atoms with Gasteiger partial charge in [0.2, 0.25) is 0 Å². The van der Waals surface area contributed by atoms with Gasteiger partial charge in [-0.1, -0.05) is 11.8 Å². The van der Waals surface area contributed by atoms with Crippen LogP contribution in [0.4, 0.5) is 4.39 Å². The lowest BCUT2D eigenvalue weighted by molar-refractivity contribution is 0.0783. The van der Waals surface area contributed by atoms with Crippen molar-refractivity contribution in [2.24, 2.45) is 0 Å². The van der Waals surface area contributed by atoms with Gasteiger partial charge in [0, 0.05) is 18.0 Å². The van der Waals surface area contributed by atoms with Crippen molar-refractivity contribution in [3.05, 3.63) is 51.7 Å². The Bertz CT molecular complexity index is 689. The van der Waals surface area contributed by atoms with Crippen LogP contribution < -0.4 is 0 Å². The van der Waals surface area contributed by atoms with Gasteiger partial charge < -0.3 is 10.0 Å². The number of carbonyl (C=O) groups excluding carboxylic acids is 1. The summed E-state index contributed by atoms with van der Waals surface area (Å²) in [6.45, 7) is 0.0192. The Hall–Kier alpha value is -2.23. The first kappa shape index (κ1) is 15.2. The minimum Gasteiger partial charge on any atom is -0.384 e. The first-order chi connectivity index (χ1) is 10.1. The van der Waals surface area contributed by atoms with Crippen LogP contribution in [0.15, 0.2) is 29.1 Å². The Balaban J connectivity index is 2.25. The largest absolute Gasteiger partial charge is 0.384 e. The van der Waals surface area contributed by atoms with Gasteiger partial charge in [-0.05, 0) is 18.2 Å². The number of rotatable bonds is 3. The van der Waals surface area contributed by atoms with Crippen LogP contribution in [0.3, 0.4) is 0 Å². The number of halogens is 1. The summed E-state index contributed by atoms with van der Waals surface area (Å²) >= 11 is 1.46. The quantitative estimate of drug-likeness (QED) is 0.881. The molecule has 0 unspecified atom stereocenters. The molecule has 21 heavy (non-hydrogen) atoms. The van der Waals surface area contributed by atoms with Crippen LogP contribution in [0, 0.1) is 17.7 Å². The van der Waals surface area contributed by atoms with Crippen LogP contribution in [0.25, 0.3) is 0 Å². The molecule has 0 saturated carbocycles. The maximum absolute atomic E-state index is 13.3. The average Bonchev–Trinajstić information content (AvgIpc) is 2.97. The van der Waals surface area contributed by atoms with E-state index in [0.29, 0.717) is 12.1 Å². The molecule has 0 saturated heterocycles. The Morgan fingerprint density at radius 2 is 2.33 bits per heavy atom.